The minimum Gasteiger partial charge on any atom is -0.478 e. The van der Waals surface area contributed by atoms with Crippen LogP contribution in [0, 0.1) is 0 Å². The average molecular weight is 280 g/mol. The molecule has 0 atom stereocenters. The maximum absolute atomic E-state index is 10.9. The molecule has 0 aliphatic heterocycles. The fourth-order valence-corrected chi connectivity index (χ4v) is 2.04. The summed E-state index contributed by atoms with van der Waals surface area (Å²) in [6.07, 6.45) is 1.47. The Morgan fingerprint density at radius 1 is 1.37 bits per heavy atom. The molecule has 2 aromatic rings. The lowest BCUT2D eigenvalue weighted by Crippen LogP contribution is -2.04. The van der Waals surface area contributed by atoms with E-state index in [0.717, 1.165) is 24.5 Å². The Morgan fingerprint density at radius 3 is 2.63 bits per heavy atom. The Morgan fingerprint density at radius 2 is 2.11 bits per heavy atom. The van der Waals surface area contributed by atoms with E-state index in [4.69, 9.17) is 16.7 Å². The number of aromatic carboxylic acids is 1. The molecule has 1 aromatic carbocycles. The highest BCUT2D eigenvalue weighted by Gasteiger charge is 2.13. The highest BCUT2D eigenvalue weighted by Crippen LogP contribution is 2.23. The second-order valence-corrected chi connectivity index (χ2v) is 4.44. The number of hydrogen-bond donors (Lipinski definition) is 1. The summed E-state index contributed by atoms with van der Waals surface area (Å²) in [4.78, 5) is 15.3. The van der Waals surface area contributed by atoms with Gasteiger partial charge in [-0.15, -0.1) is 0 Å². The molecule has 6 heteroatoms. The number of halogens is 1. The molecule has 0 aliphatic rings. The summed E-state index contributed by atoms with van der Waals surface area (Å²) < 4.78 is 1.67. The molecule has 2 rings (SSSR count). The third kappa shape index (κ3) is 2.61. The number of aryl methyl sites for hydroxylation is 2. The Labute approximate surface area is 115 Å². The van der Waals surface area contributed by atoms with Gasteiger partial charge in [0.1, 0.15) is 5.82 Å². The van der Waals surface area contributed by atoms with E-state index < -0.39 is 5.97 Å². The van der Waals surface area contributed by atoms with Crippen molar-refractivity contribution in [2.45, 2.75) is 26.7 Å². The molecule has 0 spiro atoms. The van der Waals surface area contributed by atoms with E-state index in [-0.39, 0.29) is 5.56 Å². The van der Waals surface area contributed by atoms with Crippen molar-refractivity contribution in [2.75, 3.05) is 0 Å². The molecule has 0 fully saturated rings. The van der Waals surface area contributed by atoms with Crippen LogP contribution >= 0.6 is 11.6 Å². The second kappa shape index (κ2) is 5.40. The number of carbonyl (C=O) groups is 1. The van der Waals surface area contributed by atoms with Crippen molar-refractivity contribution >= 4 is 17.6 Å². The van der Waals surface area contributed by atoms with E-state index in [1.54, 1.807) is 10.7 Å². The molecular formula is C13H14ClN3O2. The van der Waals surface area contributed by atoms with Crippen molar-refractivity contribution in [2.24, 2.45) is 0 Å². The van der Waals surface area contributed by atoms with Crippen LogP contribution in [0.5, 0.6) is 0 Å². The fourth-order valence-electron chi connectivity index (χ4n) is 1.78. The van der Waals surface area contributed by atoms with Crippen molar-refractivity contribution in [3.05, 3.63) is 40.4 Å². The number of aromatic nitrogens is 3. The van der Waals surface area contributed by atoms with E-state index in [2.05, 4.69) is 10.1 Å². The van der Waals surface area contributed by atoms with Crippen molar-refractivity contribution in [3.8, 4) is 5.69 Å². The van der Waals surface area contributed by atoms with Gasteiger partial charge in [0.2, 0.25) is 0 Å². The SMILES string of the molecule is CCc1nc(CC)n(-c2ccc(C(=O)O)cc2Cl)n1. The summed E-state index contributed by atoms with van der Waals surface area (Å²) in [6, 6.07) is 4.58. The van der Waals surface area contributed by atoms with E-state index in [0.29, 0.717) is 10.7 Å². The number of carboxylic acid groups (broad SMARTS) is 1. The van der Waals surface area contributed by atoms with Gasteiger partial charge in [-0.3, -0.25) is 0 Å². The predicted molar refractivity (Wildman–Crippen MR) is 72.1 cm³/mol. The highest BCUT2D eigenvalue weighted by molar-refractivity contribution is 6.32. The highest BCUT2D eigenvalue weighted by atomic mass is 35.5. The van der Waals surface area contributed by atoms with Gasteiger partial charge in [-0.1, -0.05) is 25.4 Å². The molecule has 100 valence electrons. The Bertz CT molecular complexity index is 622. The molecule has 5 nitrogen and oxygen atoms in total. The third-order valence-electron chi connectivity index (χ3n) is 2.77. The number of carboxylic acids is 1. The van der Waals surface area contributed by atoms with Crippen LogP contribution in [-0.4, -0.2) is 25.8 Å². The molecule has 19 heavy (non-hydrogen) atoms. The second-order valence-electron chi connectivity index (χ2n) is 4.03. The third-order valence-corrected chi connectivity index (χ3v) is 3.08. The van der Waals surface area contributed by atoms with Crippen LogP contribution in [0.25, 0.3) is 5.69 Å². The first-order valence-electron chi connectivity index (χ1n) is 6.04. The van der Waals surface area contributed by atoms with Crippen LogP contribution < -0.4 is 0 Å². The Hall–Kier alpha value is -1.88. The van der Waals surface area contributed by atoms with Crippen LogP contribution in [0.1, 0.15) is 35.9 Å². The number of rotatable bonds is 4. The largest absolute Gasteiger partial charge is 0.478 e. The Balaban J connectivity index is 2.52. The maximum Gasteiger partial charge on any atom is 0.335 e. The first-order valence-corrected chi connectivity index (χ1v) is 6.42. The zero-order chi connectivity index (χ0) is 14.0. The van der Waals surface area contributed by atoms with E-state index in [1.165, 1.54) is 12.1 Å². The van der Waals surface area contributed by atoms with Gasteiger partial charge < -0.3 is 5.11 Å². The van der Waals surface area contributed by atoms with Gasteiger partial charge >= 0.3 is 5.97 Å². The van der Waals surface area contributed by atoms with Crippen LogP contribution in [0.3, 0.4) is 0 Å². The van der Waals surface area contributed by atoms with Gasteiger partial charge in [-0.2, -0.15) is 5.10 Å². The molecule has 0 unspecified atom stereocenters. The van der Waals surface area contributed by atoms with E-state index >= 15 is 0 Å². The summed E-state index contributed by atoms with van der Waals surface area (Å²) in [7, 11) is 0. The van der Waals surface area contributed by atoms with Crippen molar-refractivity contribution in [3.63, 3.8) is 0 Å². The quantitative estimate of drug-likeness (QED) is 0.934. The maximum atomic E-state index is 10.9. The lowest BCUT2D eigenvalue weighted by Gasteiger charge is -2.07. The van der Waals surface area contributed by atoms with Gasteiger partial charge in [0.25, 0.3) is 0 Å². The normalized spacial score (nSPS) is 10.7. The van der Waals surface area contributed by atoms with Crippen molar-refractivity contribution in [1.29, 1.82) is 0 Å². The molecule has 1 N–H and O–H groups in total. The van der Waals surface area contributed by atoms with Crippen molar-refractivity contribution < 1.29 is 9.90 Å². The van der Waals surface area contributed by atoms with E-state index in [9.17, 15) is 4.79 Å². The molecule has 0 saturated carbocycles. The molecule has 1 heterocycles. The van der Waals surface area contributed by atoms with Crippen LogP contribution in [-0.2, 0) is 12.8 Å². The molecule has 1 aromatic heterocycles. The van der Waals surface area contributed by atoms with Gasteiger partial charge in [0.15, 0.2) is 5.82 Å². The van der Waals surface area contributed by atoms with Gasteiger partial charge in [-0.25, -0.2) is 14.5 Å². The average Bonchev–Trinajstić information content (AvgIpc) is 2.81. The minimum absolute atomic E-state index is 0.155. The minimum atomic E-state index is -1.00. The topological polar surface area (TPSA) is 68.0 Å². The molecule has 0 bridgehead atoms. The van der Waals surface area contributed by atoms with Gasteiger partial charge in [0.05, 0.1) is 16.3 Å². The predicted octanol–water partition coefficient (Wildman–Crippen LogP) is 2.74. The number of hydrogen-bond acceptors (Lipinski definition) is 3. The van der Waals surface area contributed by atoms with Crippen LogP contribution in [0.4, 0.5) is 0 Å². The zero-order valence-electron chi connectivity index (χ0n) is 10.7. The lowest BCUT2D eigenvalue weighted by atomic mass is 10.2. The molecular weight excluding hydrogens is 266 g/mol. The van der Waals surface area contributed by atoms with Gasteiger partial charge in [0, 0.05) is 12.8 Å². The summed E-state index contributed by atoms with van der Waals surface area (Å²) in [5.41, 5.74) is 0.804. The standard InChI is InChI=1S/C13H14ClN3O2/c1-3-11-15-12(4-2)17(16-11)10-6-5-8(13(18)19)7-9(10)14/h5-7H,3-4H2,1-2H3,(H,18,19). The van der Waals surface area contributed by atoms with Crippen molar-refractivity contribution in [1.82, 2.24) is 14.8 Å². The fraction of sp³-hybridized carbons (Fsp3) is 0.308. The van der Waals surface area contributed by atoms with Gasteiger partial charge in [-0.05, 0) is 18.2 Å². The number of nitrogens with zero attached hydrogens (tertiary/aromatic N) is 3. The summed E-state index contributed by atoms with van der Waals surface area (Å²) in [6.45, 7) is 3.97. The Kier molecular flexibility index (Phi) is 3.85. The first-order chi connectivity index (χ1) is 9.06. The summed E-state index contributed by atoms with van der Waals surface area (Å²) >= 11 is 6.14. The summed E-state index contributed by atoms with van der Waals surface area (Å²) in [5.74, 6) is 0.550. The zero-order valence-corrected chi connectivity index (χ0v) is 11.5. The molecule has 0 saturated heterocycles. The molecule has 0 aliphatic carbocycles. The number of benzene rings is 1. The first kappa shape index (κ1) is 13.5. The monoisotopic (exact) mass is 279 g/mol. The van der Waals surface area contributed by atoms with Crippen LogP contribution in [0.2, 0.25) is 5.02 Å². The summed E-state index contributed by atoms with van der Waals surface area (Å²) in [5, 5.41) is 13.6. The van der Waals surface area contributed by atoms with E-state index in [1.807, 2.05) is 13.8 Å². The molecule has 0 radical (unpaired) electrons. The van der Waals surface area contributed by atoms with Crippen LogP contribution in [0.15, 0.2) is 18.2 Å². The smallest absolute Gasteiger partial charge is 0.335 e. The molecule has 0 amide bonds. The lowest BCUT2D eigenvalue weighted by molar-refractivity contribution is 0.0697.